The number of aromatic nitrogens is 2. The number of Topliss-reactive ketones (excluding diaryl/α,β-unsaturated/α-hetero) is 1. The maximum Gasteiger partial charge on any atom is 0.262 e. The molecular weight excluding hydrogens is 449 g/mol. The van der Waals surface area contributed by atoms with Gasteiger partial charge in [0.15, 0.2) is 4.77 Å². The van der Waals surface area contributed by atoms with E-state index >= 15 is 0 Å². The lowest BCUT2D eigenvalue weighted by Crippen LogP contribution is -2.25. The van der Waals surface area contributed by atoms with Crippen LogP contribution in [0.4, 0.5) is 0 Å². The highest BCUT2D eigenvalue weighted by Crippen LogP contribution is 2.32. The van der Waals surface area contributed by atoms with E-state index in [0.29, 0.717) is 15.7 Å². The molecular formula is C20H11Cl2N3O4S. The number of nitrogens with one attached hydrogen (secondary N) is 2. The number of nitrogens with zero attached hydrogens (tertiary/aromatic N) is 1. The summed E-state index contributed by atoms with van der Waals surface area (Å²) in [7, 11) is 0. The summed E-state index contributed by atoms with van der Waals surface area (Å²) >= 11 is 17.0. The molecule has 2 heterocycles. The van der Waals surface area contributed by atoms with Crippen molar-refractivity contribution in [2.45, 2.75) is 0 Å². The fourth-order valence-corrected chi connectivity index (χ4v) is 3.54. The molecule has 0 saturated heterocycles. The van der Waals surface area contributed by atoms with Crippen molar-refractivity contribution >= 4 is 53.2 Å². The summed E-state index contributed by atoms with van der Waals surface area (Å²) < 4.78 is 6.53. The maximum atomic E-state index is 12.9. The van der Waals surface area contributed by atoms with Crippen LogP contribution in [0.3, 0.4) is 0 Å². The average Bonchev–Trinajstić information content (AvgIpc) is 2.69. The van der Waals surface area contributed by atoms with Crippen molar-refractivity contribution < 1.29 is 14.6 Å². The molecule has 0 unspecified atom stereocenters. The second kappa shape index (κ2) is 7.56. The van der Waals surface area contributed by atoms with Gasteiger partial charge in [0, 0.05) is 10.0 Å². The Bertz CT molecular complexity index is 1370. The highest BCUT2D eigenvalue weighted by molar-refractivity contribution is 7.71. The minimum Gasteiger partial charge on any atom is -0.494 e. The fourth-order valence-electron chi connectivity index (χ4n) is 2.96. The number of H-pyrrole nitrogens is 1. The van der Waals surface area contributed by atoms with E-state index in [-0.39, 0.29) is 27.2 Å². The minimum absolute atomic E-state index is 0.0552. The lowest BCUT2D eigenvalue weighted by Gasteiger charge is -2.19. The van der Waals surface area contributed by atoms with Crippen LogP contribution in [0.2, 0.25) is 10.0 Å². The average molecular weight is 460 g/mol. The van der Waals surface area contributed by atoms with Crippen LogP contribution in [0, 0.1) is 10.2 Å². The number of carbonyl (C=O) groups is 1. The SMILES string of the molecule is N=C1Oc2ccc(Cl)cc2C(=O)C1=Cc1c(O)n(-c2ccc(Cl)cc2)c(=S)[nH]c1=O. The van der Waals surface area contributed by atoms with Gasteiger partial charge in [0.1, 0.15) is 11.3 Å². The first-order valence-electron chi connectivity index (χ1n) is 8.43. The van der Waals surface area contributed by atoms with Crippen LogP contribution in [0.1, 0.15) is 15.9 Å². The second-order valence-corrected chi connectivity index (χ2v) is 7.53. The summed E-state index contributed by atoms with van der Waals surface area (Å²) in [5.41, 5.74) is -0.624. The van der Waals surface area contributed by atoms with Crippen molar-refractivity contribution in [1.29, 1.82) is 5.41 Å². The highest BCUT2D eigenvalue weighted by Gasteiger charge is 2.29. The van der Waals surface area contributed by atoms with Gasteiger partial charge in [-0.25, -0.2) is 0 Å². The molecule has 0 bridgehead atoms. The van der Waals surface area contributed by atoms with Crippen LogP contribution >= 0.6 is 35.4 Å². The lowest BCUT2D eigenvalue weighted by molar-refractivity contribution is 0.103. The standard InChI is InChI=1S/C20H11Cl2N3O4S/c21-9-1-4-11(5-2-9)25-19(28)14(18(27)24-20(25)30)8-13-16(26)12-7-10(22)3-6-15(12)29-17(13)23/h1-8,23,28H,(H,24,27,30). The number of aromatic hydroxyl groups is 1. The number of ether oxygens (including phenoxy) is 1. The Morgan fingerprint density at radius 3 is 2.47 bits per heavy atom. The molecule has 0 saturated carbocycles. The van der Waals surface area contributed by atoms with Gasteiger partial charge in [0.25, 0.3) is 5.56 Å². The first-order chi connectivity index (χ1) is 14.3. The normalized spacial score (nSPS) is 14.5. The summed E-state index contributed by atoms with van der Waals surface area (Å²) in [6.07, 6.45) is 1.09. The molecule has 10 heteroatoms. The predicted molar refractivity (Wildman–Crippen MR) is 116 cm³/mol. The van der Waals surface area contributed by atoms with Crippen LogP contribution in [-0.2, 0) is 0 Å². The third kappa shape index (κ3) is 3.45. The number of benzene rings is 2. The second-order valence-electron chi connectivity index (χ2n) is 6.27. The van der Waals surface area contributed by atoms with Crippen molar-refractivity contribution in [3.8, 4) is 17.3 Å². The Kier molecular flexibility index (Phi) is 5.07. The quantitative estimate of drug-likeness (QED) is 0.384. The molecule has 0 aliphatic carbocycles. The molecule has 1 aromatic heterocycles. The smallest absolute Gasteiger partial charge is 0.262 e. The van der Waals surface area contributed by atoms with Gasteiger partial charge in [-0.05, 0) is 60.8 Å². The molecule has 3 N–H and O–H groups in total. The van der Waals surface area contributed by atoms with Gasteiger partial charge in [-0.3, -0.25) is 24.5 Å². The van der Waals surface area contributed by atoms with Gasteiger partial charge in [0.2, 0.25) is 17.6 Å². The molecule has 1 aliphatic rings. The third-order valence-electron chi connectivity index (χ3n) is 4.38. The number of rotatable bonds is 2. The number of halogens is 2. The van der Waals surface area contributed by atoms with E-state index in [9.17, 15) is 14.7 Å². The zero-order chi connectivity index (χ0) is 21.6. The van der Waals surface area contributed by atoms with E-state index in [4.69, 9.17) is 45.6 Å². The Hall–Kier alpha value is -3.20. The first kappa shape index (κ1) is 20.1. The minimum atomic E-state index is -0.729. The molecule has 2 aromatic carbocycles. The van der Waals surface area contributed by atoms with Crippen molar-refractivity contribution in [2.24, 2.45) is 0 Å². The van der Waals surface area contributed by atoms with Gasteiger partial charge in [-0.15, -0.1) is 0 Å². The highest BCUT2D eigenvalue weighted by atomic mass is 35.5. The summed E-state index contributed by atoms with van der Waals surface area (Å²) in [4.78, 5) is 27.8. The summed E-state index contributed by atoms with van der Waals surface area (Å²) in [6.45, 7) is 0. The van der Waals surface area contributed by atoms with E-state index in [1.54, 1.807) is 24.3 Å². The van der Waals surface area contributed by atoms with Crippen molar-refractivity contribution in [1.82, 2.24) is 9.55 Å². The van der Waals surface area contributed by atoms with Crippen LogP contribution in [-0.4, -0.2) is 26.3 Å². The van der Waals surface area contributed by atoms with Crippen molar-refractivity contribution in [3.05, 3.63) is 84.3 Å². The Balaban J connectivity index is 1.90. The largest absolute Gasteiger partial charge is 0.494 e. The lowest BCUT2D eigenvalue weighted by atomic mass is 9.98. The maximum absolute atomic E-state index is 12.9. The molecule has 3 aromatic rings. The van der Waals surface area contributed by atoms with Crippen molar-refractivity contribution in [2.75, 3.05) is 0 Å². The molecule has 30 heavy (non-hydrogen) atoms. The number of hydrogen-bond donors (Lipinski definition) is 3. The van der Waals surface area contributed by atoms with E-state index in [1.807, 2.05) is 0 Å². The fraction of sp³-hybridized carbons (Fsp3) is 0. The monoisotopic (exact) mass is 459 g/mol. The molecule has 7 nitrogen and oxygen atoms in total. The molecule has 0 radical (unpaired) electrons. The molecule has 0 fully saturated rings. The summed E-state index contributed by atoms with van der Waals surface area (Å²) in [5.74, 6) is -1.35. The van der Waals surface area contributed by atoms with Crippen LogP contribution < -0.4 is 10.3 Å². The van der Waals surface area contributed by atoms with E-state index in [0.717, 1.165) is 6.08 Å². The molecule has 1 aliphatic heterocycles. The van der Waals surface area contributed by atoms with E-state index in [2.05, 4.69) is 4.98 Å². The van der Waals surface area contributed by atoms with E-state index < -0.39 is 23.1 Å². The predicted octanol–water partition coefficient (Wildman–Crippen LogP) is 4.54. The van der Waals surface area contributed by atoms with Crippen LogP contribution in [0.5, 0.6) is 11.6 Å². The number of hydrogen-bond acceptors (Lipinski definition) is 6. The molecule has 0 amide bonds. The molecule has 4 rings (SSSR count). The van der Waals surface area contributed by atoms with Crippen molar-refractivity contribution in [3.63, 3.8) is 0 Å². The Morgan fingerprint density at radius 2 is 1.77 bits per heavy atom. The van der Waals surface area contributed by atoms with Gasteiger partial charge in [-0.2, -0.15) is 0 Å². The summed E-state index contributed by atoms with van der Waals surface area (Å²) in [5, 5.41) is 19.6. The Morgan fingerprint density at radius 1 is 1.10 bits per heavy atom. The molecule has 0 atom stereocenters. The molecule has 0 spiro atoms. The molecule has 150 valence electrons. The van der Waals surface area contributed by atoms with Gasteiger partial charge in [-0.1, -0.05) is 23.2 Å². The van der Waals surface area contributed by atoms with Crippen LogP contribution in [0.25, 0.3) is 11.8 Å². The van der Waals surface area contributed by atoms with Gasteiger partial charge < -0.3 is 9.84 Å². The number of carbonyl (C=O) groups excluding carboxylic acids is 1. The van der Waals surface area contributed by atoms with Gasteiger partial charge in [0.05, 0.1) is 16.8 Å². The summed E-state index contributed by atoms with van der Waals surface area (Å²) in [6, 6.07) is 10.8. The number of aromatic amines is 1. The van der Waals surface area contributed by atoms with E-state index in [1.165, 1.54) is 22.8 Å². The first-order valence-corrected chi connectivity index (χ1v) is 9.59. The number of ketones is 1. The topological polar surface area (TPSA) is 108 Å². The Labute approximate surface area is 184 Å². The van der Waals surface area contributed by atoms with Crippen LogP contribution in [0.15, 0.2) is 52.8 Å². The van der Waals surface area contributed by atoms with Gasteiger partial charge >= 0.3 is 0 Å². The zero-order valence-electron chi connectivity index (χ0n) is 14.9. The zero-order valence-corrected chi connectivity index (χ0v) is 17.2. The third-order valence-corrected chi connectivity index (χ3v) is 5.15. The number of fused-ring (bicyclic) bond motifs is 1.